The molecule has 0 aromatic carbocycles. The average Bonchev–Trinajstić information content (AvgIpc) is 2.58. The van der Waals surface area contributed by atoms with Gasteiger partial charge < -0.3 is 24.8 Å². The zero-order valence-corrected chi connectivity index (χ0v) is 17.3. The van der Waals surface area contributed by atoms with Crippen molar-refractivity contribution in [2.24, 2.45) is 11.8 Å². The van der Waals surface area contributed by atoms with Crippen molar-refractivity contribution >= 4 is 0 Å². The second-order valence-electron chi connectivity index (χ2n) is 7.94. The fraction of sp³-hybridized carbons (Fsp3) is 0.905. The zero-order chi connectivity index (χ0) is 19.8. The van der Waals surface area contributed by atoms with Crippen molar-refractivity contribution in [3.05, 3.63) is 11.6 Å². The first-order valence-electron chi connectivity index (χ1n) is 10.1. The van der Waals surface area contributed by atoms with E-state index in [-0.39, 0.29) is 26.4 Å². The van der Waals surface area contributed by atoms with Crippen molar-refractivity contribution in [3.8, 4) is 0 Å². The topological polar surface area (TPSA) is 79.2 Å². The molecule has 0 aromatic heterocycles. The maximum absolute atomic E-state index is 9.69. The van der Waals surface area contributed by atoms with E-state index in [0.29, 0.717) is 6.61 Å². The molecule has 3 N–H and O–H groups in total. The van der Waals surface area contributed by atoms with Crippen molar-refractivity contribution < 1.29 is 24.8 Å². The Morgan fingerprint density at radius 1 is 0.885 bits per heavy atom. The Morgan fingerprint density at radius 3 is 2.15 bits per heavy atom. The van der Waals surface area contributed by atoms with E-state index in [4.69, 9.17) is 19.7 Å². The van der Waals surface area contributed by atoms with Gasteiger partial charge in [-0.15, -0.1) is 0 Å². The third kappa shape index (κ3) is 17.0. The minimum absolute atomic E-state index is 0.0163. The highest BCUT2D eigenvalue weighted by Crippen LogP contribution is 2.18. The quantitative estimate of drug-likeness (QED) is 0.269. The Balaban J connectivity index is 3.63. The minimum atomic E-state index is -0.897. The van der Waals surface area contributed by atoms with E-state index in [1.165, 1.54) is 37.7 Å². The molecule has 5 nitrogen and oxygen atoms in total. The highest BCUT2D eigenvalue weighted by Gasteiger charge is 2.07. The van der Waals surface area contributed by atoms with E-state index in [2.05, 4.69) is 33.8 Å². The van der Waals surface area contributed by atoms with Crippen LogP contribution in [0.1, 0.15) is 66.2 Å². The molecule has 0 saturated heterocycles. The Morgan fingerprint density at radius 2 is 1.50 bits per heavy atom. The molecule has 0 spiro atoms. The van der Waals surface area contributed by atoms with E-state index in [9.17, 15) is 5.11 Å². The van der Waals surface area contributed by atoms with Gasteiger partial charge in [-0.2, -0.15) is 0 Å². The van der Waals surface area contributed by atoms with Crippen molar-refractivity contribution in [3.63, 3.8) is 0 Å². The summed E-state index contributed by atoms with van der Waals surface area (Å²) >= 11 is 0. The van der Waals surface area contributed by atoms with Crippen LogP contribution in [0.4, 0.5) is 0 Å². The van der Waals surface area contributed by atoms with Crippen molar-refractivity contribution in [2.45, 2.75) is 78.4 Å². The number of hydrogen-bond donors (Lipinski definition) is 3. The normalized spacial score (nSPS) is 16.1. The van der Waals surface area contributed by atoms with Crippen LogP contribution in [0, 0.1) is 11.8 Å². The second kappa shape index (κ2) is 16.7. The monoisotopic (exact) mass is 374 g/mol. The summed E-state index contributed by atoms with van der Waals surface area (Å²) in [7, 11) is 0. The number of aliphatic hydroxyl groups is 3. The molecule has 0 saturated carbocycles. The molecule has 0 heterocycles. The minimum Gasteiger partial charge on any atom is -0.394 e. The predicted octanol–water partition coefficient (Wildman–Crippen LogP) is 3.31. The molecule has 0 aliphatic rings. The fourth-order valence-electron chi connectivity index (χ4n) is 2.70. The van der Waals surface area contributed by atoms with Crippen molar-refractivity contribution in [1.82, 2.24) is 0 Å². The smallest absolute Gasteiger partial charge is 0.101 e. The van der Waals surface area contributed by atoms with E-state index in [1.54, 1.807) is 0 Å². The van der Waals surface area contributed by atoms with E-state index in [0.717, 1.165) is 18.3 Å². The first-order chi connectivity index (χ1) is 12.3. The van der Waals surface area contributed by atoms with Crippen LogP contribution >= 0.6 is 0 Å². The van der Waals surface area contributed by atoms with Gasteiger partial charge in [-0.05, 0) is 31.6 Å². The van der Waals surface area contributed by atoms with Gasteiger partial charge in [-0.25, -0.2) is 0 Å². The summed E-state index contributed by atoms with van der Waals surface area (Å²) < 4.78 is 10.5. The van der Waals surface area contributed by atoms with Gasteiger partial charge in [-0.1, -0.05) is 58.1 Å². The molecular formula is C21H42O5. The lowest BCUT2D eigenvalue weighted by Crippen LogP contribution is -2.26. The van der Waals surface area contributed by atoms with Gasteiger partial charge in [0.15, 0.2) is 0 Å². The van der Waals surface area contributed by atoms with Gasteiger partial charge >= 0.3 is 0 Å². The molecule has 0 amide bonds. The number of ether oxygens (including phenoxy) is 2. The van der Waals surface area contributed by atoms with Crippen molar-refractivity contribution in [2.75, 3.05) is 33.0 Å². The first-order valence-corrected chi connectivity index (χ1v) is 10.1. The summed E-state index contributed by atoms with van der Waals surface area (Å²) in [4.78, 5) is 0. The summed E-state index contributed by atoms with van der Waals surface area (Å²) in [5, 5.41) is 27.5. The number of aliphatic hydroxyl groups excluding tert-OH is 3. The Labute approximate surface area is 160 Å². The van der Waals surface area contributed by atoms with Gasteiger partial charge in [0.25, 0.3) is 0 Å². The Kier molecular flexibility index (Phi) is 16.4. The van der Waals surface area contributed by atoms with E-state index < -0.39 is 12.2 Å². The molecule has 0 rings (SSSR count). The van der Waals surface area contributed by atoms with E-state index >= 15 is 0 Å². The van der Waals surface area contributed by atoms with Crippen LogP contribution in [0.2, 0.25) is 0 Å². The standard InChI is InChI=1S/C21H42O5/c1-17(2)7-5-8-18(3)9-6-10-19(4)11-12-25-15-21(24)16-26-14-20(23)13-22/h11,17-18,20-24H,5-10,12-16H2,1-4H3. The van der Waals surface area contributed by atoms with Crippen LogP contribution in [0.5, 0.6) is 0 Å². The first kappa shape index (κ1) is 25.5. The largest absolute Gasteiger partial charge is 0.394 e. The lowest BCUT2D eigenvalue weighted by Gasteiger charge is -2.13. The summed E-state index contributed by atoms with van der Waals surface area (Å²) in [6.07, 6.45) is 8.06. The van der Waals surface area contributed by atoms with Crippen LogP contribution in [0.15, 0.2) is 11.6 Å². The molecule has 5 heteroatoms. The second-order valence-corrected chi connectivity index (χ2v) is 7.94. The van der Waals surface area contributed by atoms with Crippen LogP contribution < -0.4 is 0 Å². The SMILES string of the molecule is CC(=CCOCC(O)COCC(O)CO)CCCC(C)CCCC(C)C. The molecule has 0 aromatic rings. The Bertz CT molecular complexity index is 343. The summed E-state index contributed by atoms with van der Waals surface area (Å²) in [6.45, 7) is 9.51. The molecule has 0 fully saturated rings. The van der Waals surface area contributed by atoms with Crippen LogP contribution in [-0.2, 0) is 9.47 Å². The third-order valence-corrected chi connectivity index (χ3v) is 4.44. The molecule has 26 heavy (non-hydrogen) atoms. The zero-order valence-electron chi connectivity index (χ0n) is 17.3. The van der Waals surface area contributed by atoms with Gasteiger partial charge in [-0.3, -0.25) is 0 Å². The van der Waals surface area contributed by atoms with Gasteiger partial charge in [0.05, 0.1) is 33.0 Å². The number of allylic oxidation sites excluding steroid dienone is 1. The maximum atomic E-state index is 9.69. The lowest BCUT2D eigenvalue weighted by molar-refractivity contribution is -0.0450. The van der Waals surface area contributed by atoms with Gasteiger partial charge in [0.1, 0.15) is 12.2 Å². The molecule has 3 atom stereocenters. The number of hydrogen-bond acceptors (Lipinski definition) is 5. The van der Waals surface area contributed by atoms with Gasteiger partial charge in [0.2, 0.25) is 0 Å². The summed E-state index contributed by atoms with van der Waals surface area (Å²) in [5.74, 6) is 1.61. The molecular weight excluding hydrogens is 332 g/mol. The fourth-order valence-corrected chi connectivity index (χ4v) is 2.70. The predicted molar refractivity (Wildman–Crippen MR) is 106 cm³/mol. The average molecular weight is 375 g/mol. The number of rotatable bonds is 17. The third-order valence-electron chi connectivity index (χ3n) is 4.44. The van der Waals surface area contributed by atoms with Crippen molar-refractivity contribution in [1.29, 1.82) is 0 Å². The van der Waals surface area contributed by atoms with Crippen LogP contribution in [0.25, 0.3) is 0 Å². The molecule has 156 valence electrons. The maximum Gasteiger partial charge on any atom is 0.101 e. The van der Waals surface area contributed by atoms with Crippen LogP contribution in [0.3, 0.4) is 0 Å². The Hall–Kier alpha value is -0.460. The highest BCUT2D eigenvalue weighted by molar-refractivity contribution is 4.97. The molecule has 0 aliphatic carbocycles. The molecule has 3 unspecified atom stereocenters. The summed E-state index contributed by atoms with van der Waals surface area (Å²) in [5.41, 5.74) is 1.33. The summed E-state index contributed by atoms with van der Waals surface area (Å²) in [6, 6.07) is 0. The lowest BCUT2D eigenvalue weighted by atomic mass is 9.94. The van der Waals surface area contributed by atoms with E-state index in [1.807, 2.05) is 0 Å². The highest BCUT2D eigenvalue weighted by atomic mass is 16.5. The molecule has 0 radical (unpaired) electrons. The molecule has 0 bridgehead atoms. The molecule has 0 aliphatic heterocycles. The van der Waals surface area contributed by atoms with Crippen LogP contribution in [-0.4, -0.2) is 60.6 Å². The van der Waals surface area contributed by atoms with Gasteiger partial charge in [0, 0.05) is 0 Å².